The number of halogens is 2. The molecule has 0 aromatic heterocycles. The zero-order chi connectivity index (χ0) is 15.2. The van der Waals surface area contributed by atoms with E-state index in [4.69, 9.17) is 37.9 Å². The minimum absolute atomic E-state index is 0.310. The first-order valence-corrected chi connectivity index (χ1v) is 6.82. The molecule has 2 rings (SSSR count). The second kappa shape index (κ2) is 7.20. The van der Waals surface area contributed by atoms with Crippen LogP contribution in [-0.4, -0.2) is 18.5 Å². The molecule has 0 aliphatic heterocycles. The molecule has 1 N–H and O–H groups in total. The van der Waals surface area contributed by atoms with Crippen LogP contribution in [0.5, 0.6) is 11.5 Å². The summed E-state index contributed by atoms with van der Waals surface area (Å²) in [6.45, 7) is 0.310. The highest BCUT2D eigenvalue weighted by atomic mass is 35.5. The third kappa shape index (κ3) is 4.03. The van der Waals surface area contributed by atoms with Crippen LogP contribution in [0.3, 0.4) is 0 Å². The quantitative estimate of drug-likeness (QED) is 0.504. The fourth-order valence-electron chi connectivity index (χ4n) is 1.80. The molecule has 4 nitrogen and oxygen atoms in total. The monoisotopic (exact) mass is 325 g/mol. The summed E-state index contributed by atoms with van der Waals surface area (Å²) >= 11 is 12.1. The van der Waals surface area contributed by atoms with Crippen molar-refractivity contribution in [3.05, 3.63) is 57.6 Å². The molecule has 0 fully saturated rings. The number of benzene rings is 2. The van der Waals surface area contributed by atoms with Gasteiger partial charge in [0.2, 0.25) is 0 Å². The van der Waals surface area contributed by atoms with Gasteiger partial charge in [-0.15, -0.1) is 0 Å². The van der Waals surface area contributed by atoms with Crippen LogP contribution in [0, 0.1) is 0 Å². The Kier molecular flexibility index (Phi) is 5.31. The van der Waals surface area contributed by atoms with E-state index in [0.29, 0.717) is 33.7 Å². The Morgan fingerprint density at radius 2 is 2.05 bits per heavy atom. The second-order valence-electron chi connectivity index (χ2n) is 4.20. The van der Waals surface area contributed by atoms with Crippen LogP contribution in [0.4, 0.5) is 0 Å². The summed E-state index contributed by atoms with van der Waals surface area (Å²) in [7, 11) is 1.51. The Morgan fingerprint density at radius 1 is 1.24 bits per heavy atom. The number of rotatable bonds is 5. The Morgan fingerprint density at radius 3 is 2.71 bits per heavy atom. The van der Waals surface area contributed by atoms with Crippen LogP contribution in [0.2, 0.25) is 10.0 Å². The normalized spacial score (nSPS) is 10.8. The minimum atomic E-state index is 0.310. The van der Waals surface area contributed by atoms with Crippen molar-refractivity contribution in [1.29, 1.82) is 0 Å². The zero-order valence-electron chi connectivity index (χ0n) is 11.2. The van der Waals surface area contributed by atoms with E-state index in [9.17, 15) is 0 Å². The van der Waals surface area contributed by atoms with Crippen molar-refractivity contribution in [3.63, 3.8) is 0 Å². The summed E-state index contributed by atoms with van der Waals surface area (Å²) in [6, 6.07) is 10.6. The Balaban J connectivity index is 2.23. The molecule has 0 spiro atoms. The predicted octanol–water partition coefficient (Wildman–Crippen LogP) is 4.39. The molecule has 2 aromatic rings. The van der Waals surface area contributed by atoms with E-state index >= 15 is 0 Å². The molecule has 21 heavy (non-hydrogen) atoms. The highest BCUT2D eigenvalue weighted by Gasteiger charge is 2.12. The molecule has 0 amide bonds. The smallest absolute Gasteiger partial charge is 0.180 e. The van der Waals surface area contributed by atoms with E-state index in [1.807, 2.05) is 18.2 Å². The SMILES string of the molecule is COc1cc(C=NO)cc(Cl)c1OCc1cccc(Cl)c1. The van der Waals surface area contributed by atoms with Crippen molar-refractivity contribution in [2.45, 2.75) is 6.61 Å². The molecule has 0 atom stereocenters. The molecule has 0 aliphatic carbocycles. The average molecular weight is 326 g/mol. The van der Waals surface area contributed by atoms with Gasteiger partial charge in [-0.1, -0.05) is 40.5 Å². The number of nitrogens with zero attached hydrogens (tertiary/aromatic N) is 1. The summed E-state index contributed by atoms with van der Waals surface area (Å²) in [5, 5.41) is 12.5. The van der Waals surface area contributed by atoms with Gasteiger partial charge in [0.1, 0.15) is 6.61 Å². The maximum Gasteiger partial charge on any atom is 0.180 e. The molecule has 2 aromatic carbocycles. The molecule has 0 saturated carbocycles. The largest absolute Gasteiger partial charge is 0.493 e. The van der Waals surface area contributed by atoms with E-state index in [-0.39, 0.29) is 0 Å². The van der Waals surface area contributed by atoms with Crippen molar-refractivity contribution >= 4 is 29.4 Å². The van der Waals surface area contributed by atoms with Crippen molar-refractivity contribution in [1.82, 2.24) is 0 Å². The molecule has 0 aliphatic rings. The van der Waals surface area contributed by atoms with Gasteiger partial charge in [-0.2, -0.15) is 0 Å². The Bertz CT molecular complexity index is 659. The molecule has 0 saturated heterocycles. The third-order valence-electron chi connectivity index (χ3n) is 2.73. The van der Waals surface area contributed by atoms with Gasteiger partial charge < -0.3 is 14.7 Å². The summed E-state index contributed by atoms with van der Waals surface area (Å²) in [4.78, 5) is 0. The highest BCUT2D eigenvalue weighted by molar-refractivity contribution is 6.32. The summed E-state index contributed by atoms with van der Waals surface area (Å²) in [5.74, 6) is 0.883. The van der Waals surface area contributed by atoms with E-state index in [2.05, 4.69) is 5.16 Å². The molecule has 0 bridgehead atoms. The second-order valence-corrected chi connectivity index (χ2v) is 5.04. The lowest BCUT2D eigenvalue weighted by Crippen LogP contribution is -1.99. The summed E-state index contributed by atoms with van der Waals surface area (Å²) in [5.41, 5.74) is 1.52. The maximum absolute atomic E-state index is 8.56. The first-order chi connectivity index (χ1) is 10.1. The van der Waals surface area contributed by atoms with E-state index in [0.717, 1.165) is 5.56 Å². The number of ether oxygens (including phenoxy) is 2. The molecule has 110 valence electrons. The first kappa shape index (κ1) is 15.5. The molecule has 6 heteroatoms. The Hall–Kier alpha value is -1.91. The van der Waals surface area contributed by atoms with Crippen molar-refractivity contribution in [2.75, 3.05) is 7.11 Å². The standard InChI is InChI=1S/C15H13Cl2NO3/c1-20-14-7-11(8-18-19)6-13(17)15(14)21-9-10-3-2-4-12(16)5-10/h2-8,19H,9H2,1H3. The van der Waals surface area contributed by atoms with Gasteiger partial charge in [-0.25, -0.2) is 0 Å². The predicted molar refractivity (Wildman–Crippen MR) is 83.2 cm³/mol. The van der Waals surface area contributed by atoms with Crippen molar-refractivity contribution in [3.8, 4) is 11.5 Å². The van der Waals surface area contributed by atoms with Crippen LogP contribution >= 0.6 is 23.2 Å². The molecule has 0 radical (unpaired) electrons. The average Bonchev–Trinajstić information content (AvgIpc) is 2.46. The lowest BCUT2D eigenvalue weighted by atomic mass is 10.2. The maximum atomic E-state index is 8.56. The first-order valence-electron chi connectivity index (χ1n) is 6.06. The molecular weight excluding hydrogens is 313 g/mol. The van der Waals surface area contributed by atoms with Crippen LogP contribution in [0.1, 0.15) is 11.1 Å². The molecular formula is C15H13Cl2NO3. The summed E-state index contributed by atoms with van der Waals surface area (Å²) < 4.78 is 11.0. The van der Waals surface area contributed by atoms with Crippen molar-refractivity contribution in [2.24, 2.45) is 5.16 Å². The van der Waals surface area contributed by atoms with Gasteiger partial charge in [0.25, 0.3) is 0 Å². The number of hydrogen-bond acceptors (Lipinski definition) is 4. The van der Waals surface area contributed by atoms with Gasteiger partial charge in [-0.05, 0) is 29.8 Å². The summed E-state index contributed by atoms with van der Waals surface area (Å²) in [6.07, 6.45) is 1.26. The van der Waals surface area contributed by atoms with E-state index in [1.165, 1.54) is 13.3 Å². The van der Waals surface area contributed by atoms with Crippen LogP contribution < -0.4 is 9.47 Å². The van der Waals surface area contributed by atoms with Crippen LogP contribution in [0.25, 0.3) is 0 Å². The fraction of sp³-hybridized carbons (Fsp3) is 0.133. The van der Waals surface area contributed by atoms with E-state index in [1.54, 1.807) is 18.2 Å². The number of oxime groups is 1. The topological polar surface area (TPSA) is 51.0 Å². The molecule has 0 unspecified atom stereocenters. The van der Waals surface area contributed by atoms with Crippen LogP contribution in [0.15, 0.2) is 41.6 Å². The van der Waals surface area contributed by atoms with Gasteiger partial charge in [0, 0.05) is 10.6 Å². The third-order valence-corrected chi connectivity index (χ3v) is 3.25. The van der Waals surface area contributed by atoms with E-state index < -0.39 is 0 Å². The minimum Gasteiger partial charge on any atom is -0.493 e. The molecule has 0 heterocycles. The number of hydrogen-bond donors (Lipinski definition) is 1. The fourth-order valence-corrected chi connectivity index (χ4v) is 2.29. The Labute approximate surface area is 132 Å². The van der Waals surface area contributed by atoms with Crippen LogP contribution in [-0.2, 0) is 6.61 Å². The van der Waals surface area contributed by atoms with Gasteiger partial charge in [0.05, 0.1) is 18.3 Å². The lowest BCUT2D eigenvalue weighted by Gasteiger charge is -2.13. The van der Waals surface area contributed by atoms with Gasteiger partial charge >= 0.3 is 0 Å². The van der Waals surface area contributed by atoms with Crippen molar-refractivity contribution < 1.29 is 14.7 Å². The lowest BCUT2D eigenvalue weighted by molar-refractivity contribution is 0.284. The zero-order valence-corrected chi connectivity index (χ0v) is 12.7. The number of methoxy groups -OCH3 is 1. The highest BCUT2D eigenvalue weighted by Crippen LogP contribution is 2.36. The van der Waals surface area contributed by atoms with Gasteiger partial charge in [0.15, 0.2) is 11.5 Å². The van der Waals surface area contributed by atoms with Gasteiger partial charge in [-0.3, -0.25) is 0 Å².